The summed E-state index contributed by atoms with van der Waals surface area (Å²) in [6, 6.07) is 7.15. The first kappa shape index (κ1) is 14.0. The lowest BCUT2D eigenvalue weighted by Gasteiger charge is -2.22. The normalized spacial score (nSPS) is 14.1. The molecule has 2 unspecified atom stereocenters. The lowest BCUT2D eigenvalue weighted by atomic mass is 10.0. The van der Waals surface area contributed by atoms with Crippen LogP contribution in [0.25, 0.3) is 0 Å². The number of hydrogen-bond donors (Lipinski definition) is 2. The Balaban J connectivity index is 2.73. The highest BCUT2D eigenvalue weighted by molar-refractivity contribution is 9.10. The Morgan fingerprint density at radius 3 is 2.53 bits per heavy atom. The minimum Gasteiger partial charge on any atom is -0.384 e. The van der Waals surface area contributed by atoms with Crippen LogP contribution in [-0.2, 0) is 9.53 Å². The first-order valence-electron chi connectivity index (χ1n) is 5.35. The van der Waals surface area contributed by atoms with Crippen molar-refractivity contribution in [3.8, 4) is 0 Å². The Bertz CT molecular complexity index is 367. The van der Waals surface area contributed by atoms with Crippen LogP contribution in [-0.4, -0.2) is 25.7 Å². The van der Waals surface area contributed by atoms with Gasteiger partial charge in [0.2, 0.25) is 5.91 Å². The number of rotatable bonds is 6. The zero-order valence-corrected chi connectivity index (χ0v) is 11.5. The van der Waals surface area contributed by atoms with E-state index in [2.05, 4.69) is 21.2 Å². The molecule has 0 saturated carbocycles. The largest absolute Gasteiger partial charge is 0.384 e. The molecule has 1 aromatic carbocycles. The lowest BCUT2D eigenvalue weighted by Crippen LogP contribution is -2.42. The van der Waals surface area contributed by atoms with Crippen molar-refractivity contribution in [2.75, 3.05) is 19.0 Å². The molecule has 0 bridgehead atoms. The summed E-state index contributed by atoms with van der Waals surface area (Å²) in [7, 11) is 1.61. The van der Waals surface area contributed by atoms with Crippen molar-refractivity contribution in [2.45, 2.75) is 13.0 Å². The number of amides is 1. The number of primary amides is 1. The van der Waals surface area contributed by atoms with Gasteiger partial charge < -0.3 is 15.8 Å². The van der Waals surface area contributed by atoms with Gasteiger partial charge in [0.05, 0.1) is 6.61 Å². The average Bonchev–Trinajstić information content (AvgIpc) is 2.28. The smallest absolute Gasteiger partial charge is 0.240 e. The lowest BCUT2D eigenvalue weighted by molar-refractivity contribution is -0.120. The number of benzene rings is 1. The molecule has 17 heavy (non-hydrogen) atoms. The molecule has 2 atom stereocenters. The highest BCUT2D eigenvalue weighted by Crippen LogP contribution is 2.17. The van der Waals surface area contributed by atoms with Gasteiger partial charge in [-0.15, -0.1) is 0 Å². The molecule has 0 saturated heterocycles. The monoisotopic (exact) mass is 300 g/mol. The molecule has 4 nitrogen and oxygen atoms in total. The van der Waals surface area contributed by atoms with Crippen molar-refractivity contribution in [2.24, 2.45) is 11.7 Å². The second-order valence-corrected chi connectivity index (χ2v) is 4.88. The van der Waals surface area contributed by atoms with Gasteiger partial charge in [0, 0.05) is 23.2 Å². The van der Waals surface area contributed by atoms with Gasteiger partial charge >= 0.3 is 0 Å². The number of ether oxygens (including phenoxy) is 1. The van der Waals surface area contributed by atoms with Gasteiger partial charge in [-0.05, 0) is 24.3 Å². The van der Waals surface area contributed by atoms with Crippen LogP contribution in [0.15, 0.2) is 28.7 Å². The highest BCUT2D eigenvalue weighted by atomic mass is 79.9. The summed E-state index contributed by atoms with van der Waals surface area (Å²) in [4.78, 5) is 11.4. The first-order chi connectivity index (χ1) is 8.04. The van der Waals surface area contributed by atoms with Crippen molar-refractivity contribution in [1.29, 1.82) is 0 Å². The van der Waals surface area contributed by atoms with E-state index in [1.165, 1.54) is 0 Å². The van der Waals surface area contributed by atoms with E-state index >= 15 is 0 Å². The maximum Gasteiger partial charge on any atom is 0.240 e. The molecule has 1 aromatic rings. The van der Waals surface area contributed by atoms with E-state index in [1.807, 2.05) is 31.2 Å². The molecule has 0 aliphatic rings. The van der Waals surface area contributed by atoms with Gasteiger partial charge in [0.25, 0.3) is 0 Å². The second kappa shape index (κ2) is 6.61. The molecule has 1 rings (SSSR count). The van der Waals surface area contributed by atoms with Crippen molar-refractivity contribution in [1.82, 2.24) is 0 Å². The third-order valence-corrected chi connectivity index (χ3v) is 3.00. The van der Waals surface area contributed by atoms with Gasteiger partial charge in [0.1, 0.15) is 6.04 Å². The van der Waals surface area contributed by atoms with E-state index in [9.17, 15) is 4.79 Å². The molecule has 3 N–H and O–H groups in total. The van der Waals surface area contributed by atoms with Crippen molar-refractivity contribution < 1.29 is 9.53 Å². The van der Waals surface area contributed by atoms with E-state index in [4.69, 9.17) is 10.5 Å². The highest BCUT2D eigenvalue weighted by Gasteiger charge is 2.22. The predicted octanol–water partition coefficient (Wildman–Crippen LogP) is 2.00. The van der Waals surface area contributed by atoms with Gasteiger partial charge in [-0.1, -0.05) is 22.9 Å². The zero-order valence-electron chi connectivity index (χ0n) is 9.94. The molecule has 0 heterocycles. The molecule has 5 heteroatoms. The number of halogens is 1. The average molecular weight is 301 g/mol. The van der Waals surface area contributed by atoms with Crippen LogP contribution in [0.2, 0.25) is 0 Å². The van der Waals surface area contributed by atoms with E-state index in [0.717, 1.165) is 10.2 Å². The molecule has 0 spiro atoms. The summed E-state index contributed by atoms with van der Waals surface area (Å²) in [6.45, 7) is 2.40. The van der Waals surface area contributed by atoms with Crippen LogP contribution in [0.4, 0.5) is 5.69 Å². The molecule has 0 radical (unpaired) electrons. The summed E-state index contributed by atoms with van der Waals surface area (Å²) in [5.74, 6) is -0.362. The van der Waals surface area contributed by atoms with Crippen LogP contribution in [0.5, 0.6) is 0 Å². The van der Waals surface area contributed by atoms with E-state index in [-0.39, 0.29) is 11.8 Å². The molecule has 1 amide bonds. The maximum atomic E-state index is 11.4. The third kappa shape index (κ3) is 4.36. The van der Waals surface area contributed by atoms with Gasteiger partial charge in [0.15, 0.2) is 0 Å². The fourth-order valence-electron chi connectivity index (χ4n) is 1.58. The topological polar surface area (TPSA) is 64.3 Å². The van der Waals surface area contributed by atoms with Crippen LogP contribution in [0, 0.1) is 5.92 Å². The van der Waals surface area contributed by atoms with E-state index in [0.29, 0.717) is 6.61 Å². The molecule has 0 aliphatic heterocycles. The first-order valence-corrected chi connectivity index (χ1v) is 6.14. The molecular formula is C12H17BrN2O2. The van der Waals surface area contributed by atoms with Gasteiger partial charge in [-0.25, -0.2) is 0 Å². The number of nitrogens with two attached hydrogens (primary N) is 1. The fourth-order valence-corrected chi connectivity index (χ4v) is 1.84. The zero-order chi connectivity index (χ0) is 12.8. The summed E-state index contributed by atoms with van der Waals surface area (Å²) in [5, 5.41) is 3.11. The quantitative estimate of drug-likeness (QED) is 0.844. The van der Waals surface area contributed by atoms with Crippen LogP contribution in [0.1, 0.15) is 6.92 Å². The summed E-state index contributed by atoms with van der Waals surface area (Å²) >= 11 is 3.35. The van der Waals surface area contributed by atoms with Gasteiger partial charge in [-0.3, -0.25) is 4.79 Å². The number of hydrogen-bond acceptors (Lipinski definition) is 3. The summed E-state index contributed by atoms with van der Waals surface area (Å²) in [6.07, 6.45) is 0. The number of carbonyl (C=O) groups excluding carboxylic acids is 1. The third-order valence-electron chi connectivity index (χ3n) is 2.47. The van der Waals surface area contributed by atoms with Crippen molar-refractivity contribution >= 4 is 27.5 Å². The maximum absolute atomic E-state index is 11.4. The number of anilines is 1. The molecule has 0 aromatic heterocycles. The van der Waals surface area contributed by atoms with Crippen LogP contribution < -0.4 is 11.1 Å². The second-order valence-electron chi connectivity index (χ2n) is 3.96. The van der Waals surface area contributed by atoms with Crippen LogP contribution >= 0.6 is 15.9 Å². The van der Waals surface area contributed by atoms with Crippen molar-refractivity contribution in [3.63, 3.8) is 0 Å². The van der Waals surface area contributed by atoms with Crippen LogP contribution in [0.3, 0.4) is 0 Å². The fraction of sp³-hybridized carbons (Fsp3) is 0.417. The number of nitrogens with one attached hydrogen (secondary N) is 1. The standard InChI is InChI=1S/C12H17BrN2O2/c1-8(7-17-2)11(12(14)16)15-10-5-3-9(13)4-6-10/h3-6,8,11,15H,7H2,1-2H3,(H2,14,16). The van der Waals surface area contributed by atoms with E-state index in [1.54, 1.807) is 7.11 Å². The summed E-state index contributed by atoms with van der Waals surface area (Å²) in [5.41, 5.74) is 6.24. The van der Waals surface area contributed by atoms with Crippen molar-refractivity contribution in [3.05, 3.63) is 28.7 Å². The minimum absolute atomic E-state index is 0.0150. The molecule has 0 fully saturated rings. The Labute approximate surface area is 110 Å². The SMILES string of the molecule is COCC(C)C(Nc1ccc(Br)cc1)C(N)=O. The Morgan fingerprint density at radius 2 is 2.06 bits per heavy atom. The number of methoxy groups -OCH3 is 1. The molecule has 0 aliphatic carbocycles. The summed E-state index contributed by atoms with van der Waals surface area (Å²) < 4.78 is 6.03. The Hall–Kier alpha value is -1.07. The Morgan fingerprint density at radius 1 is 1.47 bits per heavy atom. The molecular weight excluding hydrogens is 284 g/mol. The van der Waals surface area contributed by atoms with Gasteiger partial charge in [-0.2, -0.15) is 0 Å². The molecule has 94 valence electrons. The Kier molecular flexibility index (Phi) is 5.44. The predicted molar refractivity (Wildman–Crippen MR) is 71.8 cm³/mol. The number of carbonyl (C=O) groups is 1. The minimum atomic E-state index is -0.434. The van der Waals surface area contributed by atoms with E-state index < -0.39 is 6.04 Å².